The minimum absolute atomic E-state index is 0.234. The Bertz CT molecular complexity index is 1280. The molecule has 0 spiro atoms. The van der Waals surface area contributed by atoms with Crippen molar-refractivity contribution in [1.29, 1.82) is 0 Å². The molecule has 0 amide bonds. The van der Waals surface area contributed by atoms with Crippen LogP contribution in [0.3, 0.4) is 0 Å². The maximum Gasteiger partial charge on any atom is 0.343 e. The number of halogens is 1. The number of nitrogens with zero attached hydrogens (tertiary/aromatic N) is 2. The van der Waals surface area contributed by atoms with Gasteiger partial charge in [-0.2, -0.15) is 5.10 Å². The van der Waals surface area contributed by atoms with Crippen molar-refractivity contribution in [2.75, 3.05) is 7.11 Å². The van der Waals surface area contributed by atoms with E-state index in [2.05, 4.69) is 10.2 Å². The quantitative estimate of drug-likeness (QED) is 0.151. The highest BCUT2D eigenvalue weighted by Gasteiger charge is 2.13. The second kappa shape index (κ2) is 10.8. The Morgan fingerprint density at radius 2 is 1.38 bits per heavy atom. The molecule has 0 N–H and O–H groups in total. The van der Waals surface area contributed by atoms with Gasteiger partial charge < -0.3 is 9.47 Å². The molecule has 4 aromatic carbocycles. The van der Waals surface area contributed by atoms with E-state index in [4.69, 9.17) is 9.47 Å². The molecule has 0 radical (unpaired) electrons. The van der Waals surface area contributed by atoms with Crippen LogP contribution in [-0.2, 0) is 0 Å². The lowest BCUT2D eigenvalue weighted by atomic mass is 10.0. The average molecular weight is 452 g/mol. The van der Waals surface area contributed by atoms with Crippen molar-refractivity contribution < 1.29 is 18.7 Å². The second-order valence-electron chi connectivity index (χ2n) is 7.23. The summed E-state index contributed by atoms with van der Waals surface area (Å²) in [5, 5.41) is 8.74. The summed E-state index contributed by atoms with van der Waals surface area (Å²) >= 11 is 0. The maximum atomic E-state index is 13.1. The number of ether oxygens (including phenoxy) is 2. The Morgan fingerprint density at radius 3 is 1.97 bits per heavy atom. The highest BCUT2D eigenvalue weighted by molar-refractivity contribution is 6.13. The number of esters is 1. The lowest BCUT2D eigenvalue weighted by Crippen LogP contribution is -2.09. The van der Waals surface area contributed by atoms with E-state index in [0.717, 1.165) is 16.8 Å². The molecule has 34 heavy (non-hydrogen) atoms. The summed E-state index contributed by atoms with van der Waals surface area (Å²) in [6.45, 7) is 0. The predicted molar refractivity (Wildman–Crippen MR) is 130 cm³/mol. The Balaban J connectivity index is 1.56. The van der Waals surface area contributed by atoms with Gasteiger partial charge in [0.25, 0.3) is 0 Å². The minimum atomic E-state index is -0.611. The molecule has 0 aliphatic rings. The molecule has 0 bridgehead atoms. The molecular formula is C28H21FN2O3. The molecule has 6 heteroatoms. The molecule has 0 fully saturated rings. The fourth-order valence-corrected chi connectivity index (χ4v) is 3.22. The van der Waals surface area contributed by atoms with Gasteiger partial charge in [-0.3, -0.25) is 0 Å². The molecular weight excluding hydrogens is 431 g/mol. The summed E-state index contributed by atoms with van der Waals surface area (Å²) in [6, 6.07) is 29.8. The van der Waals surface area contributed by atoms with Gasteiger partial charge in [-0.05, 0) is 48.0 Å². The topological polar surface area (TPSA) is 60.3 Å². The SMILES string of the molecule is COc1cc(C=NN=C(c2ccccc2)c2ccccc2)ccc1OC(=O)c1ccc(F)cc1. The summed E-state index contributed by atoms with van der Waals surface area (Å²) < 4.78 is 23.9. The van der Waals surface area contributed by atoms with Crippen LogP contribution in [0.5, 0.6) is 11.5 Å². The fraction of sp³-hybridized carbons (Fsp3) is 0.0357. The molecule has 0 unspecified atom stereocenters. The Morgan fingerprint density at radius 1 is 0.765 bits per heavy atom. The van der Waals surface area contributed by atoms with Crippen LogP contribution < -0.4 is 9.47 Å². The van der Waals surface area contributed by atoms with Crippen molar-refractivity contribution in [3.63, 3.8) is 0 Å². The molecule has 0 aliphatic heterocycles. The third kappa shape index (κ3) is 5.61. The number of carbonyl (C=O) groups excluding carboxylic acids is 1. The fourth-order valence-electron chi connectivity index (χ4n) is 3.22. The first-order valence-electron chi connectivity index (χ1n) is 10.5. The molecule has 5 nitrogen and oxygen atoms in total. The zero-order valence-corrected chi connectivity index (χ0v) is 18.4. The van der Waals surface area contributed by atoms with E-state index in [1.54, 1.807) is 24.4 Å². The first kappa shape index (κ1) is 22.6. The normalized spacial score (nSPS) is 10.6. The van der Waals surface area contributed by atoms with Crippen LogP contribution in [0.4, 0.5) is 4.39 Å². The number of rotatable bonds is 7. The van der Waals surface area contributed by atoms with Crippen molar-refractivity contribution in [1.82, 2.24) is 0 Å². The molecule has 0 saturated carbocycles. The summed E-state index contributed by atoms with van der Waals surface area (Å²) in [4.78, 5) is 12.4. The molecule has 168 valence electrons. The molecule has 4 rings (SSSR count). The van der Waals surface area contributed by atoms with Gasteiger partial charge in [-0.25, -0.2) is 9.18 Å². The van der Waals surface area contributed by atoms with E-state index in [1.165, 1.54) is 31.4 Å². The number of benzene rings is 4. The molecule has 0 aromatic heterocycles. The van der Waals surface area contributed by atoms with Crippen LogP contribution in [0.1, 0.15) is 27.0 Å². The summed E-state index contributed by atoms with van der Waals surface area (Å²) in [7, 11) is 1.48. The zero-order valence-electron chi connectivity index (χ0n) is 18.4. The van der Waals surface area contributed by atoms with Crippen molar-refractivity contribution in [3.05, 3.63) is 131 Å². The summed E-state index contributed by atoms with van der Waals surface area (Å²) in [6.07, 6.45) is 1.60. The van der Waals surface area contributed by atoms with E-state index in [1.807, 2.05) is 60.7 Å². The van der Waals surface area contributed by atoms with Crippen molar-refractivity contribution in [3.8, 4) is 11.5 Å². The van der Waals surface area contributed by atoms with Crippen molar-refractivity contribution >= 4 is 17.9 Å². The van der Waals surface area contributed by atoms with Gasteiger partial charge in [-0.1, -0.05) is 60.7 Å². The van der Waals surface area contributed by atoms with E-state index < -0.39 is 11.8 Å². The van der Waals surface area contributed by atoms with Gasteiger partial charge >= 0.3 is 5.97 Å². The van der Waals surface area contributed by atoms with Crippen molar-refractivity contribution in [2.45, 2.75) is 0 Å². The zero-order chi connectivity index (χ0) is 23.8. The van der Waals surface area contributed by atoms with Crippen molar-refractivity contribution in [2.24, 2.45) is 10.2 Å². The van der Waals surface area contributed by atoms with Gasteiger partial charge in [0.1, 0.15) is 11.5 Å². The second-order valence-corrected chi connectivity index (χ2v) is 7.23. The Labute approximate surface area is 196 Å². The van der Waals surface area contributed by atoms with Gasteiger partial charge in [0.05, 0.1) is 18.9 Å². The highest BCUT2D eigenvalue weighted by atomic mass is 19.1. The van der Waals surface area contributed by atoms with E-state index >= 15 is 0 Å². The Kier molecular flexibility index (Phi) is 7.20. The van der Waals surface area contributed by atoms with Crippen LogP contribution in [0.15, 0.2) is 113 Å². The number of hydrogen-bond acceptors (Lipinski definition) is 5. The summed E-state index contributed by atoms with van der Waals surface area (Å²) in [5.74, 6) is -0.440. The standard InChI is InChI=1S/C28H21FN2O3/c1-33-26-18-20(12-17-25(26)34-28(32)23-13-15-24(29)16-14-23)19-30-31-27(21-8-4-2-5-9-21)22-10-6-3-7-11-22/h2-19H,1H3. The van der Waals surface area contributed by atoms with Crippen LogP contribution in [0.2, 0.25) is 0 Å². The van der Waals surface area contributed by atoms with Gasteiger partial charge in [0.15, 0.2) is 11.5 Å². The predicted octanol–water partition coefficient (Wildman–Crippen LogP) is 5.93. The van der Waals surface area contributed by atoms with E-state index in [-0.39, 0.29) is 11.3 Å². The highest BCUT2D eigenvalue weighted by Crippen LogP contribution is 2.28. The van der Waals surface area contributed by atoms with E-state index in [9.17, 15) is 9.18 Å². The lowest BCUT2D eigenvalue weighted by molar-refractivity contribution is 0.0729. The Hall–Kier alpha value is -4.58. The van der Waals surface area contributed by atoms with E-state index in [0.29, 0.717) is 11.3 Å². The minimum Gasteiger partial charge on any atom is -0.493 e. The monoisotopic (exact) mass is 452 g/mol. The van der Waals surface area contributed by atoms with Crippen LogP contribution in [-0.4, -0.2) is 25.0 Å². The molecule has 0 heterocycles. The first-order valence-corrected chi connectivity index (χ1v) is 10.5. The van der Waals surface area contributed by atoms with Crippen LogP contribution in [0, 0.1) is 5.82 Å². The number of hydrogen-bond donors (Lipinski definition) is 0. The average Bonchev–Trinajstić information content (AvgIpc) is 2.88. The third-order valence-corrected chi connectivity index (χ3v) is 4.93. The smallest absolute Gasteiger partial charge is 0.343 e. The molecule has 4 aromatic rings. The lowest BCUT2D eigenvalue weighted by Gasteiger charge is -2.10. The first-order chi connectivity index (χ1) is 16.6. The summed E-state index contributed by atoms with van der Waals surface area (Å²) in [5.41, 5.74) is 3.59. The number of carbonyl (C=O) groups is 1. The molecule has 0 aliphatic carbocycles. The molecule has 0 atom stereocenters. The molecule has 0 saturated heterocycles. The van der Waals surface area contributed by atoms with Crippen LogP contribution in [0.25, 0.3) is 0 Å². The number of methoxy groups -OCH3 is 1. The van der Waals surface area contributed by atoms with Crippen LogP contribution >= 0.6 is 0 Å². The third-order valence-electron chi connectivity index (χ3n) is 4.93. The maximum absolute atomic E-state index is 13.1. The largest absolute Gasteiger partial charge is 0.493 e. The van der Waals surface area contributed by atoms with Gasteiger partial charge in [0, 0.05) is 11.1 Å². The van der Waals surface area contributed by atoms with Gasteiger partial charge in [0.2, 0.25) is 0 Å². The van der Waals surface area contributed by atoms with Gasteiger partial charge in [-0.15, -0.1) is 5.10 Å².